The minimum Gasteiger partial charge on any atom is -0.340 e. The minimum absolute atomic E-state index is 1.10. The van der Waals surface area contributed by atoms with Gasteiger partial charge in [-0.25, -0.2) is 0 Å². The molecule has 0 fully saturated rings. The number of hydrogen-bond donors (Lipinski definition) is 0. The van der Waals surface area contributed by atoms with Crippen LogP contribution in [0.2, 0.25) is 0 Å². The molecule has 0 saturated heterocycles. The first-order valence-corrected chi connectivity index (χ1v) is 15.2. The summed E-state index contributed by atoms with van der Waals surface area (Å²) in [5.74, 6) is 0. The van der Waals surface area contributed by atoms with Crippen LogP contribution in [0.1, 0.15) is 71.1 Å². The smallest absolute Gasteiger partial charge is 0.0491 e. The van der Waals surface area contributed by atoms with Gasteiger partial charge in [0.05, 0.1) is 0 Å². The molecule has 3 heteroatoms. The normalized spacial score (nSPS) is 11.7. The number of fused-ring (bicyclic) bond motifs is 3. The SMILES string of the molecule is CCCCCCCCCCCCn1c2ccc(-c3cccs3)cc2c2cc(-c3cccs3)ccc21. The van der Waals surface area contributed by atoms with Crippen molar-refractivity contribution in [2.75, 3.05) is 0 Å². The van der Waals surface area contributed by atoms with Crippen LogP contribution in [0.5, 0.6) is 0 Å². The third-order valence-electron chi connectivity index (χ3n) is 7.21. The number of benzene rings is 2. The molecular formula is C32H37NS2. The standard InChI is InChI=1S/C32H37NS2/c1-2-3-4-5-6-7-8-9-10-11-20-33-29-18-16-25(31-14-12-21-34-31)23-27(29)28-24-26(17-19-30(28)33)32-15-13-22-35-32/h12-19,21-24H,2-11,20H2,1H3. The molecule has 0 atom stereocenters. The van der Waals surface area contributed by atoms with E-state index in [1.54, 1.807) is 0 Å². The van der Waals surface area contributed by atoms with Crippen LogP contribution >= 0.6 is 22.7 Å². The van der Waals surface area contributed by atoms with E-state index in [-0.39, 0.29) is 0 Å². The summed E-state index contributed by atoms with van der Waals surface area (Å²) in [6.07, 6.45) is 13.8. The zero-order chi connectivity index (χ0) is 23.9. The summed E-state index contributed by atoms with van der Waals surface area (Å²) >= 11 is 3.64. The van der Waals surface area contributed by atoms with Gasteiger partial charge in [-0.3, -0.25) is 0 Å². The van der Waals surface area contributed by atoms with Crippen molar-refractivity contribution in [2.45, 2.75) is 77.7 Å². The summed E-state index contributed by atoms with van der Waals surface area (Å²) in [7, 11) is 0. The Bertz CT molecular complexity index is 1230. The van der Waals surface area contributed by atoms with Crippen molar-refractivity contribution < 1.29 is 0 Å². The lowest BCUT2D eigenvalue weighted by Gasteiger charge is -2.08. The molecule has 1 nitrogen and oxygen atoms in total. The van der Waals surface area contributed by atoms with Crippen molar-refractivity contribution in [3.63, 3.8) is 0 Å². The van der Waals surface area contributed by atoms with Crippen LogP contribution < -0.4 is 0 Å². The van der Waals surface area contributed by atoms with Crippen LogP contribution in [0.4, 0.5) is 0 Å². The zero-order valence-electron chi connectivity index (χ0n) is 21.0. The Morgan fingerprint density at radius 3 is 1.51 bits per heavy atom. The first-order valence-electron chi connectivity index (χ1n) is 13.5. The Morgan fingerprint density at radius 1 is 0.571 bits per heavy atom. The molecule has 2 aromatic carbocycles. The number of aryl methyl sites for hydroxylation is 1. The lowest BCUT2D eigenvalue weighted by molar-refractivity contribution is 0.541. The Morgan fingerprint density at radius 2 is 1.06 bits per heavy atom. The topological polar surface area (TPSA) is 4.93 Å². The fraction of sp³-hybridized carbons (Fsp3) is 0.375. The van der Waals surface area contributed by atoms with Crippen LogP contribution in [0.25, 0.3) is 42.7 Å². The van der Waals surface area contributed by atoms with Crippen LogP contribution in [0.3, 0.4) is 0 Å². The zero-order valence-corrected chi connectivity index (χ0v) is 22.6. The van der Waals surface area contributed by atoms with Gasteiger partial charge < -0.3 is 4.57 Å². The summed E-state index contributed by atoms with van der Waals surface area (Å²) in [5, 5.41) is 7.11. The maximum absolute atomic E-state index is 2.58. The minimum atomic E-state index is 1.10. The van der Waals surface area contributed by atoms with Crippen LogP contribution in [0.15, 0.2) is 71.4 Å². The molecule has 35 heavy (non-hydrogen) atoms. The van der Waals surface area contributed by atoms with E-state index in [1.807, 2.05) is 22.7 Å². The molecule has 0 aliphatic rings. The summed E-state index contributed by atoms with van der Waals surface area (Å²) in [6, 6.07) is 22.9. The van der Waals surface area contributed by atoms with E-state index >= 15 is 0 Å². The van der Waals surface area contributed by atoms with Crippen molar-refractivity contribution in [3.8, 4) is 20.9 Å². The molecule has 5 aromatic rings. The molecule has 5 rings (SSSR count). The molecule has 0 saturated carbocycles. The van der Waals surface area contributed by atoms with Gasteiger partial charge in [0.25, 0.3) is 0 Å². The van der Waals surface area contributed by atoms with Gasteiger partial charge in [0.15, 0.2) is 0 Å². The van der Waals surface area contributed by atoms with Crippen molar-refractivity contribution in [2.24, 2.45) is 0 Å². The lowest BCUT2D eigenvalue weighted by Crippen LogP contribution is -1.97. The highest BCUT2D eigenvalue weighted by atomic mass is 32.1. The van der Waals surface area contributed by atoms with Gasteiger partial charge in [0.2, 0.25) is 0 Å². The number of aromatic nitrogens is 1. The van der Waals surface area contributed by atoms with E-state index in [0.29, 0.717) is 0 Å². The number of rotatable bonds is 13. The largest absolute Gasteiger partial charge is 0.340 e. The molecule has 0 bridgehead atoms. The third-order valence-corrected chi connectivity index (χ3v) is 9.05. The molecular weight excluding hydrogens is 462 g/mol. The molecule has 3 aromatic heterocycles. The van der Waals surface area contributed by atoms with Gasteiger partial charge in [-0.05, 0) is 64.7 Å². The maximum Gasteiger partial charge on any atom is 0.0491 e. The highest BCUT2D eigenvalue weighted by molar-refractivity contribution is 7.13. The number of unbranched alkanes of at least 4 members (excludes halogenated alkanes) is 9. The average Bonchev–Trinajstić information content (AvgIpc) is 3.66. The second-order valence-electron chi connectivity index (χ2n) is 9.75. The lowest BCUT2D eigenvalue weighted by atomic mass is 10.1. The van der Waals surface area contributed by atoms with E-state index < -0.39 is 0 Å². The first kappa shape index (κ1) is 24.3. The fourth-order valence-corrected chi connectivity index (χ4v) is 6.74. The number of nitrogens with zero attached hydrogens (tertiary/aromatic N) is 1. The summed E-state index contributed by atoms with van der Waals surface area (Å²) in [4.78, 5) is 2.69. The van der Waals surface area contributed by atoms with Crippen LogP contribution in [-0.2, 0) is 6.54 Å². The molecule has 182 valence electrons. The molecule has 0 aliphatic carbocycles. The monoisotopic (exact) mass is 499 g/mol. The van der Waals surface area contributed by atoms with Gasteiger partial charge in [0, 0.05) is 38.1 Å². The molecule has 0 N–H and O–H groups in total. The van der Waals surface area contributed by atoms with E-state index in [0.717, 1.165) is 6.54 Å². The highest BCUT2D eigenvalue weighted by Gasteiger charge is 2.13. The van der Waals surface area contributed by atoms with Crippen LogP contribution in [-0.4, -0.2) is 4.57 Å². The molecule has 0 aliphatic heterocycles. The quantitative estimate of drug-likeness (QED) is 0.142. The Kier molecular flexibility index (Phi) is 8.38. The van der Waals surface area contributed by atoms with Gasteiger partial charge in [-0.1, -0.05) is 89.0 Å². The molecule has 0 spiro atoms. The first-order chi connectivity index (χ1) is 17.3. The van der Waals surface area contributed by atoms with Crippen molar-refractivity contribution in [3.05, 3.63) is 71.4 Å². The van der Waals surface area contributed by atoms with E-state index in [4.69, 9.17) is 0 Å². The average molecular weight is 500 g/mol. The highest BCUT2D eigenvalue weighted by Crippen LogP contribution is 2.37. The van der Waals surface area contributed by atoms with E-state index in [2.05, 4.69) is 82.9 Å². The fourth-order valence-electron chi connectivity index (χ4n) is 5.29. The Balaban J connectivity index is 1.34. The van der Waals surface area contributed by atoms with E-state index in [9.17, 15) is 0 Å². The van der Waals surface area contributed by atoms with Gasteiger partial charge >= 0.3 is 0 Å². The Labute approximate surface area is 218 Å². The summed E-state index contributed by atoms with van der Waals surface area (Å²) < 4.78 is 2.58. The predicted molar refractivity (Wildman–Crippen MR) is 158 cm³/mol. The molecule has 0 radical (unpaired) electrons. The van der Waals surface area contributed by atoms with Gasteiger partial charge in [-0.15, -0.1) is 22.7 Å². The summed E-state index contributed by atoms with van der Waals surface area (Å²) in [5.41, 5.74) is 5.40. The maximum atomic E-state index is 2.58. The second-order valence-corrected chi connectivity index (χ2v) is 11.6. The van der Waals surface area contributed by atoms with Crippen LogP contribution in [0, 0.1) is 0 Å². The molecule has 3 heterocycles. The molecule has 0 amide bonds. The predicted octanol–water partition coefficient (Wildman–Crippen LogP) is 11.2. The Hall–Kier alpha value is -2.36. The van der Waals surface area contributed by atoms with E-state index in [1.165, 1.54) is 107 Å². The van der Waals surface area contributed by atoms with Crippen molar-refractivity contribution in [1.29, 1.82) is 0 Å². The number of thiophene rings is 2. The third kappa shape index (κ3) is 5.73. The van der Waals surface area contributed by atoms with Gasteiger partial charge in [0.1, 0.15) is 0 Å². The second kappa shape index (κ2) is 12.1. The van der Waals surface area contributed by atoms with Gasteiger partial charge in [-0.2, -0.15) is 0 Å². The summed E-state index contributed by atoms with van der Waals surface area (Å²) in [6.45, 7) is 3.40. The molecule has 0 unspecified atom stereocenters. The van der Waals surface area contributed by atoms with Crippen molar-refractivity contribution >= 4 is 44.5 Å². The van der Waals surface area contributed by atoms with Crippen molar-refractivity contribution in [1.82, 2.24) is 4.57 Å². The number of hydrogen-bond acceptors (Lipinski definition) is 2.